The number of carbonyl (C=O) groups excluding carboxylic acids is 2. The molecule has 5 nitrogen and oxygen atoms in total. The van der Waals surface area contributed by atoms with Crippen LogP contribution >= 0.6 is 0 Å². The third kappa shape index (κ3) is 4.17. The molecule has 1 aliphatic rings. The molecule has 1 fully saturated rings. The van der Waals surface area contributed by atoms with Gasteiger partial charge in [0.05, 0.1) is 17.2 Å². The summed E-state index contributed by atoms with van der Waals surface area (Å²) in [5, 5.41) is 9.34. The highest BCUT2D eigenvalue weighted by Gasteiger charge is 2.24. The molecule has 0 aliphatic carbocycles. The van der Waals surface area contributed by atoms with E-state index < -0.39 is 5.97 Å². The molecule has 138 valence electrons. The quantitative estimate of drug-likeness (QED) is 0.776. The van der Waals surface area contributed by atoms with E-state index in [4.69, 9.17) is 4.74 Å². The fraction of sp³-hybridized carbons (Fsp3) is 0.318. The molecule has 0 spiro atoms. The van der Waals surface area contributed by atoms with Crippen LogP contribution in [0.1, 0.15) is 42.1 Å². The van der Waals surface area contributed by atoms with E-state index in [1.807, 2.05) is 13.0 Å². The molecular formula is C22H22N2O3. The van der Waals surface area contributed by atoms with Crippen molar-refractivity contribution >= 4 is 11.9 Å². The predicted octanol–water partition coefficient (Wildman–Crippen LogP) is 3.78. The average molecular weight is 362 g/mol. The summed E-state index contributed by atoms with van der Waals surface area (Å²) in [5.74, 6) is -0.721. The Bertz CT molecular complexity index is 885. The van der Waals surface area contributed by atoms with Crippen molar-refractivity contribution in [1.29, 1.82) is 5.26 Å². The minimum absolute atomic E-state index is 0.162. The summed E-state index contributed by atoms with van der Waals surface area (Å²) in [6.45, 7) is 2.47. The van der Waals surface area contributed by atoms with Gasteiger partial charge in [-0.3, -0.25) is 4.79 Å². The van der Waals surface area contributed by atoms with Crippen LogP contribution in [0.2, 0.25) is 0 Å². The van der Waals surface area contributed by atoms with Gasteiger partial charge >= 0.3 is 5.97 Å². The molecule has 0 unspecified atom stereocenters. The fourth-order valence-electron chi connectivity index (χ4n) is 3.47. The van der Waals surface area contributed by atoms with Gasteiger partial charge in [-0.05, 0) is 43.9 Å². The van der Waals surface area contributed by atoms with Crippen molar-refractivity contribution in [2.45, 2.75) is 32.2 Å². The number of hydrogen-bond donors (Lipinski definition) is 0. The van der Waals surface area contributed by atoms with Crippen molar-refractivity contribution in [3.8, 4) is 17.2 Å². The van der Waals surface area contributed by atoms with Gasteiger partial charge in [0.25, 0.3) is 5.91 Å². The summed E-state index contributed by atoms with van der Waals surface area (Å²) in [6.07, 6.45) is 3.08. The third-order valence-electron chi connectivity index (χ3n) is 4.93. The fourth-order valence-corrected chi connectivity index (χ4v) is 3.47. The molecule has 2 aromatic rings. The lowest BCUT2D eigenvalue weighted by molar-refractivity contribution is -0.137. The molecule has 5 heteroatoms. The second-order valence-electron chi connectivity index (χ2n) is 6.71. The normalized spacial score (nSPS) is 16.4. The Balaban J connectivity index is 1.76. The van der Waals surface area contributed by atoms with Gasteiger partial charge in [-0.1, -0.05) is 36.4 Å². The first-order valence-electron chi connectivity index (χ1n) is 9.17. The number of ether oxygens (including phenoxy) is 1. The summed E-state index contributed by atoms with van der Waals surface area (Å²) in [4.78, 5) is 26.8. The van der Waals surface area contributed by atoms with E-state index in [1.165, 1.54) is 0 Å². The number of piperidine rings is 1. The van der Waals surface area contributed by atoms with E-state index in [1.54, 1.807) is 47.4 Å². The van der Waals surface area contributed by atoms with Crippen LogP contribution in [0.15, 0.2) is 48.5 Å². The van der Waals surface area contributed by atoms with Crippen LogP contribution in [0, 0.1) is 11.3 Å². The van der Waals surface area contributed by atoms with Crippen LogP contribution in [-0.4, -0.2) is 36.0 Å². The monoisotopic (exact) mass is 362 g/mol. The second kappa shape index (κ2) is 8.50. The van der Waals surface area contributed by atoms with Gasteiger partial charge in [0.1, 0.15) is 0 Å². The van der Waals surface area contributed by atoms with Gasteiger partial charge in [0.15, 0.2) is 6.61 Å². The lowest BCUT2D eigenvalue weighted by atomic mass is 9.96. The number of benzene rings is 2. The number of hydrogen-bond acceptors (Lipinski definition) is 4. The van der Waals surface area contributed by atoms with E-state index in [-0.39, 0.29) is 18.6 Å². The van der Waals surface area contributed by atoms with Crippen LogP contribution < -0.4 is 0 Å². The standard InChI is InChI=1S/C22H22N2O3/c1-16-8-6-7-13-24(16)21(25)15-27-22(26)20-12-5-4-11-19(20)18-10-3-2-9-17(18)14-23/h2-5,9-12,16H,6-8,13,15H2,1H3/t16-/m0/s1. The maximum atomic E-state index is 12.6. The van der Waals surface area contributed by atoms with Crippen molar-refractivity contribution in [2.75, 3.05) is 13.2 Å². The lowest BCUT2D eigenvalue weighted by Crippen LogP contribution is -2.44. The summed E-state index contributed by atoms with van der Waals surface area (Å²) in [5.41, 5.74) is 2.12. The van der Waals surface area contributed by atoms with E-state index >= 15 is 0 Å². The maximum absolute atomic E-state index is 12.6. The molecule has 0 aromatic heterocycles. The summed E-state index contributed by atoms with van der Waals surface area (Å²) in [6, 6.07) is 16.4. The highest BCUT2D eigenvalue weighted by Crippen LogP contribution is 2.27. The minimum Gasteiger partial charge on any atom is -0.452 e. The molecule has 1 aliphatic heterocycles. The SMILES string of the molecule is C[C@H]1CCCCN1C(=O)COC(=O)c1ccccc1-c1ccccc1C#N. The number of amides is 1. The molecule has 27 heavy (non-hydrogen) atoms. The summed E-state index contributed by atoms with van der Waals surface area (Å²) < 4.78 is 5.31. The van der Waals surface area contributed by atoms with E-state index in [0.717, 1.165) is 19.3 Å². The van der Waals surface area contributed by atoms with Crippen LogP contribution in [0.5, 0.6) is 0 Å². The number of esters is 1. The molecule has 1 atom stereocenters. The van der Waals surface area contributed by atoms with Crippen molar-refractivity contribution in [3.63, 3.8) is 0 Å². The second-order valence-corrected chi connectivity index (χ2v) is 6.71. The molecule has 0 saturated carbocycles. The summed E-state index contributed by atoms with van der Waals surface area (Å²) >= 11 is 0. The van der Waals surface area contributed by atoms with E-state index in [9.17, 15) is 14.9 Å². The van der Waals surface area contributed by atoms with E-state index in [2.05, 4.69) is 6.07 Å². The number of rotatable bonds is 4. The van der Waals surface area contributed by atoms with Crippen molar-refractivity contribution in [2.24, 2.45) is 0 Å². The van der Waals surface area contributed by atoms with Crippen LogP contribution in [0.3, 0.4) is 0 Å². The van der Waals surface area contributed by atoms with Gasteiger partial charge < -0.3 is 9.64 Å². The van der Waals surface area contributed by atoms with Gasteiger partial charge in [0, 0.05) is 18.2 Å². The first-order chi connectivity index (χ1) is 13.1. The Hall–Kier alpha value is -3.13. The highest BCUT2D eigenvalue weighted by molar-refractivity contribution is 5.99. The smallest absolute Gasteiger partial charge is 0.339 e. The largest absolute Gasteiger partial charge is 0.452 e. The van der Waals surface area contributed by atoms with Gasteiger partial charge in [-0.15, -0.1) is 0 Å². The zero-order chi connectivity index (χ0) is 19.2. The first kappa shape index (κ1) is 18.7. The zero-order valence-electron chi connectivity index (χ0n) is 15.4. The number of nitriles is 1. The van der Waals surface area contributed by atoms with E-state index in [0.29, 0.717) is 28.8 Å². The number of likely N-dealkylation sites (tertiary alicyclic amines) is 1. The minimum atomic E-state index is -0.559. The Morgan fingerprint density at radius 2 is 1.81 bits per heavy atom. The molecule has 0 radical (unpaired) electrons. The van der Waals surface area contributed by atoms with Crippen LogP contribution in [0.25, 0.3) is 11.1 Å². The molecule has 1 saturated heterocycles. The predicted molar refractivity (Wildman–Crippen MR) is 102 cm³/mol. The van der Waals surface area contributed by atoms with Crippen LogP contribution in [0.4, 0.5) is 0 Å². The first-order valence-corrected chi connectivity index (χ1v) is 9.17. The molecule has 0 N–H and O–H groups in total. The molecule has 0 bridgehead atoms. The molecule has 3 rings (SSSR count). The molecule has 1 heterocycles. The van der Waals surface area contributed by atoms with Gasteiger partial charge in [-0.2, -0.15) is 5.26 Å². The third-order valence-corrected chi connectivity index (χ3v) is 4.93. The average Bonchev–Trinajstić information content (AvgIpc) is 2.72. The Kier molecular flexibility index (Phi) is 5.87. The lowest BCUT2D eigenvalue weighted by Gasteiger charge is -2.33. The summed E-state index contributed by atoms with van der Waals surface area (Å²) in [7, 11) is 0. The van der Waals surface area contributed by atoms with Crippen molar-refractivity contribution < 1.29 is 14.3 Å². The Morgan fingerprint density at radius 3 is 2.56 bits per heavy atom. The number of nitrogens with zero attached hydrogens (tertiary/aromatic N) is 2. The Morgan fingerprint density at radius 1 is 1.11 bits per heavy atom. The van der Waals surface area contributed by atoms with Crippen molar-refractivity contribution in [3.05, 3.63) is 59.7 Å². The van der Waals surface area contributed by atoms with Crippen molar-refractivity contribution in [1.82, 2.24) is 4.90 Å². The topological polar surface area (TPSA) is 70.4 Å². The van der Waals surface area contributed by atoms with Gasteiger partial charge in [-0.25, -0.2) is 4.79 Å². The molecule has 2 aromatic carbocycles. The molecular weight excluding hydrogens is 340 g/mol. The maximum Gasteiger partial charge on any atom is 0.339 e. The highest BCUT2D eigenvalue weighted by atomic mass is 16.5. The Labute approximate surface area is 159 Å². The van der Waals surface area contributed by atoms with Crippen LogP contribution in [-0.2, 0) is 9.53 Å². The molecule has 1 amide bonds. The van der Waals surface area contributed by atoms with Gasteiger partial charge in [0.2, 0.25) is 0 Å². The zero-order valence-corrected chi connectivity index (χ0v) is 15.4. The number of carbonyl (C=O) groups is 2.